The number of aromatic carboxylic acids is 1. The fourth-order valence-corrected chi connectivity index (χ4v) is 1.81. The Bertz CT molecular complexity index is 404. The Labute approximate surface area is 95.2 Å². The fraction of sp³-hybridized carbons (Fsp3) is 0.375. The average Bonchev–Trinajstić information content (AvgIpc) is 2.54. The molecule has 0 aliphatic rings. The summed E-state index contributed by atoms with van der Waals surface area (Å²) in [6.45, 7) is 2.05. The van der Waals surface area contributed by atoms with Crippen LogP contribution in [0.1, 0.15) is 15.4 Å². The van der Waals surface area contributed by atoms with E-state index in [9.17, 15) is 9.59 Å². The maximum absolute atomic E-state index is 10.7. The molecule has 7 nitrogen and oxygen atoms in total. The zero-order valence-electron chi connectivity index (χ0n) is 8.52. The zero-order valence-corrected chi connectivity index (χ0v) is 9.34. The predicted octanol–water partition coefficient (Wildman–Crippen LogP) is 0.657. The summed E-state index contributed by atoms with van der Waals surface area (Å²) in [5.41, 5.74) is 5.21. The fourth-order valence-electron chi connectivity index (χ4n) is 0.980. The smallest absolute Gasteiger partial charge is 0.404 e. The SMILES string of the molecule is Cc1nc(NCCOC(N)=O)sc1C(=O)O. The van der Waals surface area contributed by atoms with E-state index in [1.807, 2.05) is 0 Å². The summed E-state index contributed by atoms with van der Waals surface area (Å²) in [5.74, 6) is -1.00. The van der Waals surface area contributed by atoms with E-state index in [1.54, 1.807) is 6.92 Å². The first kappa shape index (κ1) is 12.2. The van der Waals surface area contributed by atoms with Crippen molar-refractivity contribution in [2.24, 2.45) is 5.73 Å². The maximum Gasteiger partial charge on any atom is 0.404 e. The molecule has 0 fully saturated rings. The molecule has 16 heavy (non-hydrogen) atoms. The van der Waals surface area contributed by atoms with E-state index >= 15 is 0 Å². The number of thiazole rings is 1. The third kappa shape index (κ3) is 3.39. The topological polar surface area (TPSA) is 115 Å². The van der Waals surface area contributed by atoms with Crippen molar-refractivity contribution in [2.45, 2.75) is 6.92 Å². The molecule has 0 atom stereocenters. The van der Waals surface area contributed by atoms with E-state index in [0.717, 1.165) is 11.3 Å². The van der Waals surface area contributed by atoms with Gasteiger partial charge in [-0.25, -0.2) is 14.6 Å². The maximum atomic E-state index is 10.7. The second-order valence-electron chi connectivity index (χ2n) is 2.83. The summed E-state index contributed by atoms with van der Waals surface area (Å²) in [4.78, 5) is 25.1. The van der Waals surface area contributed by atoms with Crippen LogP contribution in [0.3, 0.4) is 0 Å². The lowest BCUT2D eigenvalue weighted by Crippen LogP contribution is -2.18. The van der Waals surface area contributed by atoms with Crippen LogP contribution >= 0.6 is 11.3 Å². The summed E-state index contributed by atoms with van der Waals surface area (Å²) < 4.78 is 4.48. The van der Waals surface area contributed by atoms with Gasteiger partial charge in [0.2, 0.25) is 0 Å². The molecule has 1 heterocycles. The van der Waals surface area contributed by atoms with Gasteiger partial charge in [-0.1, -0.05) is 11.3 Å². The normalized spacial score (nSPS) is 9.81. The lowest BCUT2D eigenvalue weighted by molar-refractivity contribution is 0.0701. The number of aromatic nitrogens is 1. The van der Waals surface area contributed by atoms with Crippen molar-refractivity contribution >= 4 is 28.5 Å². The van der Waals surface area contributed by atoms with Crippen LogP contribution in [-0.4, -0.2) is 35.3 Å². The number of carbonyl (C=O) groups is 2. The number of carboxylic acids is 1. The van der Waals surface area contributed by atoms with Gasteiger partial charge in [0.05, 0.1) is 12.2 Å². The molecule has 0 spiro atoms. The molecule has 0 saturated heterocycles. The van der Waals surface area contributed by atoms with E-state index in [1.165, 1.54) is 0 Å². The molecule has 0 aliphatic carbocycles. The van der Waals surface area contributed by atoms with Crippen LogP contribution in [0.15, 0.2) is 0 Å². The third-order valence-electron chi connectivity index (χ3n) is 1.61. The van der Waals surface area contributed by atoms with Crippen LogP contribution in [0.2, 0.25) is 0 Å². The Morgan fingerprint density at radius 1 is 1.62 bits per heavy atom. The molecule has 88 valence electrons. The number of aryl methyl sites for hydroxylation is 1. The molecule has 4 N–H and O–H groups in total. The molecular weight excluding hydrogens is 234 g/mol. The van der Waals surface area contributed by atoms with Gasteiger partial charge < -0.3 is 20.9 Å². The summed E-state index contributed by atoms with van der Waals surface area (Å²) in [6, 6.07) is 0. The largest absolute Gasteiger partial charge is 0.477 e. The highest BCUT2D eigenvalue weighted by atomic mass is 32.1. The van der Waals surface area contributed by atoms with Gasteiger partial charge in [0.25, 0.3) is 0 Å². The number of hydrogen-bond donors (Lipinski definition) is 3. The number of hydrogen-bond acceptors (Lipinski definition) is 6. The van der Waals surface area contributed by atoms with Gasteiger partial charge in [-0.05, 0) is 6.92 Å². The van der Waals surface area contributed by atoms with Gasteiger partial charge in [-0.2, -0.15) is 0 Å². The first-order chi connectivity index (χ1) is 7.50. The molecule has 8 heteroatoms. The Kier molecular flexibility index (Phi) is 4.06. The van der Waals surface area contributed by atoms with E-state index in [-0.39, 0.29) is 11.5 Å². The highest BCUT2D eigenvalue weighted by Gasteiger charge is 2.13. The molecule has 0 aliphatic heterocycles. The van der Waals surface area contributed by atoms with Crippen LogP contribution in [0.4, 0.5) is 9.93 Å². The van der Waals surface area contributed by atoms with Crippen molar-refractivity contribution < 1.29 is 19.4 Å². The number of nitrogens with two attached hydrogens (primary N) is 1. The monoisotopic (exact) mass is 245 g/mol. The Balaban J connectivity index is 2.46. The average molecular weight is 245 g/mol. The molecule has 1 rings (SSSR count). The second kappa shape index (κ2) is 5.31. The quantitative estimate of drug-likeness (QED) is 0.656. The zero-order chi connectivity index (χ0) is 12.1. The van der Waals surface area contributed by atoms with Crippen LogP contribution < -0.4 is 11.1 Å². The van der Waals surface area contributed by atoms with Gasteiger partial charge in [-0.3, -0.25) is 0 Å². The van der Waals surface area contributed by atoms with Crippen LogP contribution in [0.25, 0.3) is 0 Å². The number of carbonyl (C=O) groups excluding carboxylic acids is 1. The van der Waals surface area contributed by atoms with E-state index in [4.69, 9.17) is 10.8 Å². The molecule has 0 bridgehead atoms. The van der Waals surface area contributed by atoms with Crippen molar-refractivity contribution in [3.63, 3.8) is 0 Å². The van der Waals surface area contributed by atoms with Crippen molar-refractivity contribution in [2.75, 3.05) is 18.5 Å². The van der Waals surface area contributed by atoms with E-state index < -0.39 is 12.1 Å². The number of primary amides is 1. The third-order valence-corrected chi connectivity index (χ3v) is 2.72. The molecule has 1 aromatic rings. The highest BCUT2D eigenvalue weighted by molar-refractivity contribution is 7.17. The number of ether oxygens (including phenoxy) is 1. The molecule has 0 unspecified atom stereocenters. The molecule has 1 amide bonds. The van der Waals surface area contributed by atoms with Crippen LogP contribution in [0, 0.1) is 6.92 Å². The summed E-state index contributed by atoms with van der Waals surface area (Å²) in [5, 5.41) is 12.1. The number of nitrogens with zero attached hydrogens (tertiary/aromatic N) is 1. The van der Waals surface area contributed by atoms with Gasteiger partial charge >= 0.3 is 12.1 Å². The molecule has 0 radical (unpaired) electrons. The summed E-state index contributed by atoms with van der Waals surface area (Å²) in [6.07, 6.45) is -0.844. The molecule has 0 aromatic carbocycles. The minimum atomic E-state index is -1.00. The van der Waals surface area contributed by atoms with Crippen molar-refractivity contribution in [1.29, 1.82) is 0 Å². The standard InChI is InChI=1S/C8H11N3O4S/c1-4-5(6(12)13)16-8(11-4)10-2-3-15-7(9)14/h2-3H2,1H3,(H2,9,14)(H,10,11)(H,12,13). The number of rotatable bonds is 5. The summed E-state index contributed by atoms with van der Waals surface area (Å²) >= 11 is 1.03. The highest BCUT2D eigenvalue weighted by Crippen LogP contribution is 2.21. The van der Waals surface area contributed by atoms with Gasteiger partial charge in [-0.15, -0.1) is 0 Å². The van der Waals surface area contributed by atoms with E-state index in [0.29, 0.717) is 17.4 Å². The summed E-state index contributed by atoms with van der Waals surface area (Å²) in [7, 11) is 0. The Morgan fingerprint density at radius 2 is 2.31 bits per heavy atom. The second-order valence-corrected chi connectivity index (χ2v) is 3.83. The number of amides is 1. The molecular formula is C8H11N3O4S. The van der Waals surface area contributed by atoms with Crippen molar-refractivity contribution in [3.05, 3.63) is 10.6 Å². The Morgan fingerprint density at radius 3 is 2.81 bits per heavy atom. The number of carboxylic acid groups (broad SMARTS) is 1. The van der Waals surface area contributed by atoms with Crippen LogP contribution in [-0.2, 0) is 4.74 Å². The van der Waals surface area contributed by atoms with Crippen molar-refractivity contribution in [1.82, 2.24) is 4.98 Å². The van der Waals surface area contributed by atoms with E-state index in [2.05, 4.69) is 15.0 Å². The minimum Gasteiger partial charge on any atom is -0.477 e. The molecule has 0 saturated carbocycles. The molecule has 1 aromatic heterocycles. The van der Waals surface area contributed by atoms with Gasteiger partial charge in [0, 0.05) is 0 Å². The van der Waals surface area contributed by atoms with Gasteiger partial charge in [0.15, 0.2) is 5.13 Å². The minimum absolute atomic E-state index is 0.108. The number of nitrogens with one attached hydrogen (secondary N) is 1. The first-order valence-electron chi connectivity index (χ1n) is 4.37. The predicted molar refractivity (Wildman–Crippen MR) is 57.8 cm³/mol. The lowest BCUT2D eigenvalue weighted by atomic mass is 10.4. The van der Waals surface area contributed by atoms with Gasteiger partial charge in [0.1, 0.15) is 11.5 Å². The van der Waals surface area contributed by atoms with Crippen molar-refractivity contribution in [3.8, 4) is 0 Å². The first-order valence-corrected chi connectivity index (χ1v) is 5.19. The Hall–Kier alpha value is -1.83. The number of anilines is 1. The lowest BCUT2D eigenvalue weighted by Gasteiger charge is -2.01. The van der Waals surface area contributed by atoms with Crippen LogP contribution in [0.5, 0.6) is 0 Å².